The van der Waals surface area contributed by atoms with Crippen LogP contribution in [0.3, 0.4) is 0 Å². The Morgan fingerprint density at radius 3 is 2.89 bits per heavy atom. The molecule has 2 unspecified atom stereocenters. The van der Waals surface area contributed by atoms with Crippen molar-refractivity contribution in [1.29, 1.82) is 0 Å². The van der Waals surface area contributed by atoms with E-state index < -0.39 is 0 Å². The number of aromatic nitrogens is 1. The van der Waals surface area contributed by atoms with Crippen molar-refractivity contribution < 1.29 is 4.79 Å². The van der Waals surface area contributed by atoms with Crippen molar-refractivity contribution in [3.8, 4) is 0 Å². The predicted octanol–water partition coefficient (Wildman–Crippen LogP) is 1.05. The Kier molecular flexibility index (Phi) is 4.37. The summed E-state index contributed by atoms with van der Waals surface area (Å²) in [5.74, 6) is 0.382. The van der Waals surface area contributed by atoms with Gasteiger partial charge in [0.15, 0.2) is 0 Å². The maximum Gasteiger partial charge on any atom is 0.250 e. The summed E-state index contributed by atoms with van der Waals surface area (Å²) in [5, 5.41) is 6.12. The fourth-order valence-electron chi connectivity index (χ4n) is 2.42. The molecule has 5 nitrogen and oxygen atoms in total. The summed E-state index contributed by atoms with van der Waals surface area (Å²) in [5.41, 5.74) is 0.660. The van der Waals surface area contributed by atoms with E-state index in [0.717, 1.165) is 19.5 Å². The number of aryl methyl sites for hydroxylation is 1. The van der Waals surface area contributed by atoms with Crippen LogP contribution in [-0.4, -0.2) is 23.6 Å². The van der Waals surface area contributed by atoms with Gasteiger partial charge in [0.05, 0.1) is 11.6 Å². The zero-order chi connectivity index (χ0) is 13.8. The van der Waals surface area contributed by atoms with Gasteiger partial charge in [-0.1, -0.05) is 13.8 Å². The summed E-state index contributed by atoms with van der Waals surface area (Å²) in [6.07, 6.45) is 2.61. The summed E-state index contributed by atoms with van der Waals surface area (Å²) >= 11 is 0. The molecule has 1 aliphatic heterocycles. The first-order chi connectivity index (χ1) is 9.11. The highest BCUT2D eigenvalue weighted by molar-refractivity contribution is 5.92. The van der Waals surface area contributed by atoms with Gasteiger partial charge in [-0.05, 0) is 24.9 Å². The van der Waals surface area contributed by atoms with Gasteiger partial charge in [0.25, 0.3) is 5.56 Å². The third-order valence-corrected chi connectivity index (χ3v) is 3.57. The van der Waals surface area contributed by atoms with Crippen molar-refractivity contribution in [3.63, 3.8) is 0 Å². The zero-order valence-corrected chi connectivity index (χ0v) is 11.5. The van der Waals surface area contributed by atoms with Gasteiger partial charge >= 0.3 is 0 Å². The van der Waals surface area contributed by atoms with Crippen LogP contribution in [0.4, 0.5) is 5.69 Å². The minimum absolute atomic E-state index is 0.00607. The summed E-state index contributed by atoms with van der Waals surface area (Å²) < 4.78 is 1.63. The molecule has 5 heteroatoms. The van der Waals surface area contributed by atoms with Gasteiger partial charge in [-0.2, -0.15) is 0 Å². The van der Waals surface area contributed by atoms with Gasteiger partial charge in [0.1, 0.15) is 0 Å². The summed E-state index contributed by atoms with van der Waals surface area (Å²) in [4.78, 5) is 23.7. The van der Waals surface area contributed by atoms with Gasteiger partial charge in [-0.3, -0.25) is 9.59 Å². The number of hydrogen-bond donors (Lipinski definition) is 2. The molecule has 1 aliphatic rings. The van der Waals surface area contributed by atoms with Crippen LogP contribution in [0, 0.1) is 11.8 Å². The average Bonchev–Trinajstić information content (AvgIpc) is 2.80. The molecule has 1 fully saturated rings. The highest BCUT2D eigenvalue weighted by atomic mass is 16.2. The van der Waals surface area contributed by atoms with Gasteiger partial charge in [-0.25, -0.2) is 0 Å². The highest BCUT2D eigenvalue weighted by Gasteiger charge is 2.29. The molecule has 0 aromatic carbocycles. The SMILES string of the molecule is CCCn1cc(NC(=O)C2CNCC2C)ccc1=O. The largest absolute Gasteiger partial charge is 0.324 e. The van der Waals surface area contributed by atoms with E-state index in [2.05, 4.69) is 17.6 Å². The second-order valence-corrected chi connectivity index (χ2v) is 5.18. The number of amides is 1. The van der Waals surface area contributed by atoms with Crippen molar-refractivity contribution >= 4 is 11.6 Å². The maximum absolute atomic E-state index is 12.1. The van der Waals surface area contributed by atoms with Crippen molar-refractivity contribution in [2.45, 2.75) is 26.8 Å². The Morgan fingerprint density at radius 1 is 1.47 bits per heavy atom. The number of carbonyl (C=O) groups excluding carboxylic acids is 1. The molecule has 1 amide bonds. The van der Waals surface area contributed by atoms with E-state index in [-0.39, 0.29) is 17.4 Å². The lowest BCUT2D eigenvalue weighted by Gasteiger charge is -2.15. The predicted molar refractivity (Wildman–Crippen MR) is 75.1 cm³/mol. The van der Waals surface area contributed by atoms with Crippen molar-refractivity contribution in [2.75, 3.05) is 18.4 Å². The lowest BCUT2D eigenvalue weighted by atomic mass is 9.97. The van der Waals surface area contributed by atoms with Gasteiger partial charge in [0, 0.05) is 25.4 Å². The van der Waals surface area contributed by atoms with Crippen LogP contribution in [0.25, 0.3) is 0 Å². The van der Waals surface area contributed by atoms with Crippen molar-refractivity contribution in [3.05, 3.63) is 28.7 Å². The standard InChI is InChI=1S/C14H21N3O2/c1-3-6-17-9-11(4-5-13(17)18)16-14(19)12-8-15-7-10(12)2/h4-5,9-10,12,15H,3,6-8H2,1-2H3,(H,16,19). The van der Waals surface area contributed by atoms with E-state index in [1.807, 2.05) is 6.92 Å². The molecule has 0 radical (unpaired) electrons. The number of anilines is 1. The lowest BCUT2D eigenvalue weighted by Crippen LogP contribution is -2.28. The molecule has 2 N–H and O–H groups in total. The zero-order valence-electron chi connectivity index (χ0n) is 11.5. The van der Waals surface area contributed by atoms with Gasteiger partial charge in [-0.15, -0.1) is 0 Å². The van der Waals surface area contributed by atoms with E-state index in [0.29, 0.717) is 18.2 Å². The van der Waals surface area contributed by atoms with E-state index in [1.54, 1.807) is 16.8 Å². The molecule has 2 atom stereocenters. The molecule has 2 heterocycles. The fraction of sp³-hybridized carbons (Fsp3) is 0.571. The van der Waals surface area contributed by atoms with E-state index in [1.165, 1.54) is 6.07 Å². The Hall–Kier alpha value is -1.62. The second kappa shape index (κ2) is 6.02. The Morgan fingerprint density at radius 2 is 2.26 bits per heavy atom. The Labute approximate surface area is 113 Å². The average molecular weight is 263 g/mol. The number of hydrogen-bond acceptors (Lipinski definition) is 3. The Balaban J connectivity index is 2.08. The number of nitrogens with one attached hydrogen (secondary N) is 2. The fourth-order valence-corrected chi connectivity index (χ4v) is 2.42. The molecule has 0 aliphatic carbocycles. The Bertz CT molecular complexity index is 510. The molecule has 1 aromatic rings. The summed E-state index contributed by atoms with van der Waals surface area (Å²) in [6, 6.07) is 3.17. The first-order valence-electron chi connectivity index (χ1n) is 6.84. The molecule has 104 valence electrons. The number of pyridine rings is 1. The molecular weight excluding hydrogens is 242 g/mol. The maximum atomic E-state index is 12.1. The molecule has 2 rings (SSSR count). The molecule has 0 bridgehead atoms. The summed E-state index contributed by atoms with van der Waals surface area (Å²) in [6.45, 7) is 6.37. The van der Waals surface area contributed by atoms with Crippen LogP contribution < -0.4 is 16.2 Å². The normalized spacial score (nSPS) is 22.4. The molecular formula is C14H21N3O2. The van der Waals surface area contributed by atoms with Crippen LogP contribution in [0.1, 0.15) is 20.3 Å². The number of rotatable bonds is 4. The monoisotopic (exact) mass is 263 g/mol. The van der Waals surface area contributed by atoms with Gasteiger partial charge in [0.2, 0.25) is 5.91 Å². The van der Waals surface area contributed by atoms with E-state index >= 15 is 0 Å². The summed E-state index contributed by atoms with van der Waals surface area (Å²) in [7, 11) is 0. The van der Waals surface area contributed by atoms with Crippen LogP contribution in [-0.2, 0) is 11.3 Å². The first-order valence-corrected chi connectivity index (χ1v) is 6.84. The van der Waals surface area contributed by atoms with Crippen LogP contribution in [0.2, 0.25) is 0 Å². The van der Waals surface area contributed by atoms with Crippen molar-refractivity contribution in [2.24, 2.45) is 11.8 Å². The second-order valence-electron chi connectivity index (χ2n) is 5.18. The molecule has 0 spiro atoms. The smallest absolute Gasteiger partial charge is 0.250 e. The van der Waals surface area contributed by atoms with Gasteiger partial charge < -0.3 is 15.2 Å². The number of nitrogens with zero attached hydrogens (tertiary/aromatic N) is 1. The molecule has 19 heavy (non-hydrogen) atoms. The molecule has 1 saturated heterocycles. The lowest BCUT2D eigenvalue weighted by molar-refractivity contribution is -0.120. The van der Waals surface area contributed by atoms with Crippen molar-refractivity contribution in [1.82, 2.24) is 9.88 Å². The van der Waals surface area contributed by atoms with E-state index in [4.69, 9.17) is 0 Å². The quantitative estimate of drug-likeness (QED) is 0.853. The van der Waals surface area contributed by atoms with Crippen LogP contribution >= 0.6 is 0 Å². The first kappa shape index (κ1) is 13.8. The third-order valence-electron chi connectivity index (χ3n) is 3.57. The minimum Gasteiger partial charge on any atom is -0.324 e. The minimum atomic E-state index is -0.0317. The highest BCUT2D eigenvalue weighted by Crippen LogP contribution is 2.18. The third kappa shape index (κ3) is 3.23. The number of carbonyl (C=O) groups is 1. The molecule has 0 saturated carbocycles. The molecule has 1 aromatic heterocycles. The van der Waals surface area contributed by atoms with E-state index in [9.17, 15) is 9.59 Å². The van der Waals surface area contributed by atoms with Crippen LogP contribution in [0.5, 0.6) is 0 Å². The van der Waals surface area contributed by atoms with Crippen LogP contribution in [0.15, 0.2) is 23.1 Å². The topological polar surface area (TPSA) is 63.1 Å².